The van der Waals surface area contributed by atoms with Gasteiger partial charge in [0.2, 0.25) is 0 Å². The Balaban J connectivity index is 1.74. The summed E-state index contributed by atoms with van der Waals surface area (Å²) in [6, 6.07) is 7.76. The molecule has 0 radical (unpaired) electrons. The molecule has 0 spiro atoms. The molecule has 1 N–H and O–H groups in total. The van der Waals surface area contributed by atoms with Gasteiger partial charge in [0.1, 0.15) is 0 Å². The Bertz CT molecular complexity index is 883. The molecule has 1 aromatic carbocycles. The minimum absolute atomic E-state index is 0.0641. The third-order valence-electron chi connectivity index (χ3n) is 4.03. The van der Waals surface area contributed by atoms with E-state index in [2.05, 4.69) is 10.1 Å². The molecule has 1 fully saturated rings. The molecule has 3 aromatic rings. The Morgan fingerprint density at radius 1 is 1.26 bits per heavy atom. The predicted octanol–water partition coefficient (Wildman–Crippen LogP) is 2.85. The number of para-hydroxylation sites is 2. The number of nitrogens with zero attached hydrogens (tertiary/aromatic N) is 4. The number of carbonyl (C=O) groups is 1. The minimum Gasteiger partial charge on any atom is -0.481 e. The van der Waals surface area contributed by atoms with Gasteiger partial charge in [-0.2, -0.15) is 5.10 Å². The van der Waals surface area contributed by atoms with Crippen molar-refractivity contribution in [2.45, 2.75) is 31.7 Å². The average Bonchev–Trinajstić information content (AvgIpc) is 3.32. The Morgan fingerprint density at radius 3 is 2.78 bits per heavy atom. The quantitative estimate of drug-likeness (QED) is 0.784. The molecule has 116 valence electrons. The van der Waals surface area contributed by atoms with Gasteiger partial charge in [-0.15, -0.1) is 0 Å². The second kappa shape index (κ2) is 5.46. The van der Waals surface area contributed by atoms with Crippen molar-refractivity contribution < 1.29 is 9.90 Å². The monoisotopic (exact) mass is 308 g/mol. The molecule has 0 saturated heterocycles. The van der Waals surface area contributed by atoms with Crippen molar-refractivity contribution in [1.29, 1.82) is 0 Å². The lowest BCUT2D eigenvalue weighted by atomic mass is 10.1. The van der Waals surface area contributed by atoms with E-state index in [0.717, 1.165) is 40.8 Å². The largest absolute Gasteiger partial charge is 0.481 e. The highest BCUT2D eigenvalue weighted by atomic mass is 16.4. The number of aromatic nitrogens is 4. The number of benzene rings is 1. The lowest BCUT2D eigenvalue weighted by Crippen LogP contribution is -2.05. The van der Waals surface area contributed by atoms with Crippen LogP contribution in [0.2, 0.25) is 0 Å². The second-order valence-electron chi connectivity index (χ2n) is 5.85. The summed E-state index contributed by atoms with van der Waals surface area (Å²) in [4.78, 5) is 19.9. The summed E-state index contributed by atoms with van der Waals surface area (Å²) in [5.41, 5.74) is 4.50. The maximum absolute atomic E-state index is 10.8. The highest BCUT2D eigenvalue weighted by Gasteiger charge is 2.30. The molecule has 0 aliphatic heterocycles. The van der Waals surface area contributed by atoms with Crippen LogP contribution in [-0.4, -0.2) is 30.8 Å². The van der Waals surface area contributed by atoms with Gasteiger partial charge in [-0.05, 0) is 25.0 Å². The summed E-state index contributed by atoms with van der Waals surface area (Å²) in [6.45, 7) is 0.371. The van der Waals surface area contributed by atoms with Crippen molar-refractivity contribution in [3.8, 4) is 11.3 Å². The van der Waals surface area contributed by atoms with Gasteiger partial charge in [-0.1, -0.05) is 12.1 Å². The second-order valence-corrected chi connectivity index (χ2v) is 5.85. The molecular weight excluding hydrogens is 292 g/mol. The van der Waals surface area contributed by atoms with Crippen LogP contribution in [0.1, 0.15) is 30.9 Å². The van der Waals surface area contributed by atoms with Gasteiger partial charge in [0, 0.05) is 17.7 Å². The summed E-state index contributed by atoms with van der Waals surface area (Å²) in [5, 5.41) is 13.4. The van der Waals surface area contributed by atoms with E-state index in [-0.39, 0.29) is 6.42 Å². The first-order chi connectivity index (χ1) is 11.2. The average molecular weight is 308 g/mol. The van der Waals surface area contributed by atoms with Crippen LogP contribution in [0.15, 0.2) is 36.7 Å². The molecule has 2 aromatic heterocycles. The normalized spacial score (nSPS) is 14.3. The van der Waals surface area contributed by atoms with Crippen molar-refractivity contribution >= 4 is 17.0 Å². The minimum atomic E-state index is -0.819. The Morgan fingerprint density at radius 2 is 2.04 bits per heavy atom. The summed E-state index contributed by atoms with van der Waals surface area (Å²) in [5.74, 6) is -0.357. The maximum atomic E-state index is 10.8. The van der Waals surface area contributed by atoms with Crippen LogP contribution in [0.5, 0.6) is 0 Å². The molecule has 0 amide bonds. The van der Waals surface area contributed by atoms with Gasteiger partial charge in [0.15, 0.2) is 0 Å². The molecule has 23 heavy (non-hydrogen) atoms. The zero-order valence-corrected chi connectivity index (χ0v) is 12.5. The zero-order chi connectivity index (χ0) is 15.8. The number of aryl methyl sites for hydroxylation is 1. The van der Waals surface area contributed by atoms with Crippen molar-refractivity contribution in [3.05, 3.63) is 42.4 Å². The first-order valence-corrected chi connectivity index (χ1v) is 7.72. The van der Waals surface area contributed by atoms with Crippen LogP contribution in [-0.2, 0) is 11.3 Å². The standard InChI is InChI=1S/C17H16N4O2/c22-16(23)7-8-21-10-12(17(20-21)11-5-6-11)15-9-18-13-3-1-2-4-14(13)19-15/h1-4,9-11H,5-8H2,(H,22,23). The summed E-state index contributed by atoms with van der Waals surface area (Å²) in [7, 11) is 0. The first-order valence-electron chi connectivity index (χ1n) is 7.72. The molecule has 0 unspecified atom stereocenters. The lowest BCUT2D eigenvalue weighted by molar-refractivity contribution is -0.137. The SMILES string of the molecule is O=C(O)CCn1cc(-c2cnc3ccccc3n2)c(C2CC2)n1. The van der Waals surface area contributed by atoms with Gasteiger partial charge < -0.3 is 5.11 Å². The molecular formula is C17H16N4O2. The molecule has 2 heterocycles. The zero-order valence-electron chi connectivity index (χ0n) is 12.5. The van der Waals surface area contributed by atoms with Gasteiger partial charge >= 0.3 is 5.97 Å². The molecule has 0 atom stereocenters. The molecule has 4 rings (SSSR count). The number of rotatable bonds is 5. The molecule has 6 nitrogen and oxygen atoms in total. The van der Waals surface area contributed by atoms with Crippen LogP contribution in [0.4, 0.5) is 0 Å². The van der Waals surface area contributed by atoms with E-state index >= 15 is 0 Å². The van der Waals surface area contributed by atoms with E-state index < -0.39 is 5.97 Å². The maximum Gasteiger partial charge on any atom is 0.305 e. The highest BCUT2D eigenvalue weighted by Crippen LogP contribution is 2.43. The number of carboxylic acids is 1. The van der Waals surface area contributed by atoms with E-state index in [0.29, 0.717) is 12.5 Å². The Hall–Kier alpha value is -2.76. The first kappa shape index (κ1) is 13.9. The van der Waals surface area contributed by atoms with E-state index in [1.54, 1.807) is 10.9 Å². The van der Waals surface area contributed by atoms with E-state index in [1.807, 2.05) is 30.5 Å². The van der Waals surface area contributed by atoms with E-state index in [9.17, 15) is 4.79 Å². The lowest BCUT2D eigenvalue weighted by Gasteiger charge is -2.02. The summed E-state index contributed by atoms with van der Waals surface area (Å²) >= 11 is 0. The molecule has 1 saturated carbocycles. The third kappa shape index (κ3) is 2.79. The number of aliphatic carboxylic acids is 1. The fourth-order valence-corrected chi connectivity index (χ4v) is 2.70. The fraction of sp³-hybridized carbons (Fsp3) is 0.294. The fourth-order valence-electron chi connectivity index (χ4n) is 2.70. The molecule has 6 heteroatoms. The molecule has 0 bridgehead atoms. The van der Waals surface area contributed by atoms with Gasteiger partial charge in [-0.25, -0.2) is 4.98 Å². The summed E-state index contributed by atoms with van der Waals surface area (Å²) < 4.78 is 1.72. The molecule has 1 aliphatic carbocycles. The number of carboxylic acid groups (broad SMARTS) is 1. The Kier molecular flexibility index (Phi) is 3.29. The van der Waals surface area contributed by atoms with Crippen LogP contribution >= 0.6 is 0 Å². The van der Waals surface area contributed by atoms with Gasteiger partial charge in [0.05, 0.1) is 41.6 Å². The van der Waals surface area contributed by atoms with Gasteiger partial charge in [0.25, 0.3) is 0 Å². The number of fused-ring (bicyclic) bond motifs is 1. The third-order valence-corrected chi connectivity index (χ3v) is 4.03. The van der Waals surface area contributed by atoms with Crippen molar-refractivity contribution in [2.24, 2.45) is 0 Å². The van der Waals surface area contributed by atoms with Gasteiger partial charge in [-0.3, -0.25) is 14.5 Å². The van der Waals surface area contributed by atoms with Crippen molar-refractivity contribution in [3.63, 3.8) is 0 Å². The van der Waals surface area contributed by atoms with Crippen molar-refractivity contribution in [2.75, 3.05) is 0 Å². The topological polar surface area (TPSA) is 80.9 Å². The van der Waals surface area contributed by atoms with Crippen LogP contribution in [0, 0.1) is 0 Å². The Labute approximate surface area is 132 Å². The van der Waals surface area contributed by atoms with Crippen LogP contribution < -0.4 is 0 Å². The van der Waals surface area contributed by atoms with E-state index in [4.69, 9.17) is 10.1 Å². The predicted molar refractivity (Wildman–Crippen MR) is 85.0 cm³/mol. The highest BCUT2D eigenvalue weighted by molar-refractivity contribution is 5.77. The van der Waals surface area contributed by atoms with Crippen LogP contribution in [0.3, 0.4) is 0 Å². The van der Waals surface area contributed by atoms with Crippen molar-refractivity contribution in [1.82, 2.24) is 19.7 Å². The molecule has 1 aliphatic rings. The smallest absolute Gasteiger partial charge is 0.305 e. The van der Waals surface area contributed by atoms with E-state index in [1.165, 1.54) is 0 Å². The number of hydrogen-bond acceptors (Lipinski definition) is 4. The summed E-state index contributed by atoms with van der Waals surface area (Å²) in [6.07, 6.45) is 5.99. The number of hydrogen-bond donors (Lipinski definition) is 1. The van der Waals surface area contributed by atoms with Crippen LogP contribution in [0.25, 0.3) is 22.3 Å².